The van der Waals surface area contributed by atoms with Crippen molar-refractivity contribution in [3.8, 4) is 5.75 Å². The lowest BCUT2D eigenvalue weighted by Crippen LogP contribution is -2.07. The van der Waals surface area contributed by atoms with Gasteiger partial charge in [-0.2, -0.15) is 0 Å². The van der Waals surface area contributed by atoms with Gasteiger partial charge < -0.3 is 4.74 Å². The molecule has 3 rings (SSSR count). The van der Waals surface area contributed by atoms with E-state index in [1.165, 1.54) is 0 Å². The van der Waals surface area contributed by atoms with Gasteiger partial charge >= 0.3 is 5.97 Å². The van der Waals surface area contributed by atoms with Crippen LogP contribution in [0.2, 0.25) is 0 Å². The summed E-state index contributed by atoms with van der Waals surface area (Å²) in [5.41, 5.74) is 2.02. The summed E-state index contributed by atoms with van der Waals surface area (Å²) in [5.74, 6) is 0.176. The Morgan fingerprint density at radius 1 is 0.944 bits per heavy atom. The van der Waals surface area contributed by atoms with Crippen LogP contribution < -0.4 is 4.74 Å². The Morgan fingerprint density at radius 2 is 1.67 bits per heavy atom. The van der Waals surface area contributed by atoms with Crippen LogP contribution in [0.4, 0.5) is 0 Å². The molecule has 0 aromatic heterocycles. The molecule has 2 aromatic rings. The Morgan fingerprint density at radius 3 is 2.50 bits per heavy atom. The third-order valence-corrected chi connectivity index (χ3v) is 3.00. The Labute approximate surface area is 106 Å². The molecular formula is C16H12O2. The highest BCUT2D eigenvalue weighted by Gasteiger charge is 2.30. The van der Waals surface area contributed by atoms with Gasteiger partial charge in [0.1, 0.15) is 11.7 Å². The first-order chi connectivity index (χ1) is 8.84. The summed E-state index contributed by atoms with van der Waals surface area (Å²) in [6.45, 7) is 0. The summed E-state index contributed by atoms with van der Waals surface area (Å²) in [6, 6.07) is 17.5. The lowest BCUT2D eigenvalue weighted by Gasteiger charge is -1.99. The molecule has 2 aromatic carbocycles. The van der Waals surface area contributed by atoms with E-state index in [1.807, 2.05) is 66.7 Å². The van der Waals surface area contributed by atoms with Crippen LogP contribution in [0.3, 0.4) is 0 Å². The predicted molar refractivity (Wildman–Crippen MR) is 70.3 cm³/mol. The van der Waals surface area contributed by atoms with Crippen LogP contribution in [-0.2, 0) is 4.79 Å². The van der Waals surface area contributed by atoms with Crippen molar-refractivity contribution in [2.24, 2.45) is 0 Å². The van der Waals surface area contributed by atoms with E-state index in [4.69, 9.17) is 4.74 Å². The molecule has 88 valence electrons. The lowest BCUT2D eigenvalue weighted by molar-refractivity contribution is -0.133. The van der Waals surface area contributed by atoms with E-state index >= 15 is 0 Å². The van der Waals surface area contributed by atoms with Crippen molar-refractivity contribution in [1.82, 2.24) is 0 Å². The molecule has 0 fully saturated rings. The Kier molecular flexibility index (Phi) is 2.69. The molecule has 0 N–H and O–H groups in total. The number of esters is 1. The normalized spacial score (nSPS) is 17.8. The summed E-state index contributed by atoms with van der Waals surface area (Å²) < 4.78 is 5.22. The third-order valence-electron chi connectivity index (χ3n) is 3.00. The molecule has 1 unspecified atom stereocenters. The van der Waals surface area contributed by atoms with Gasteiger partial charge in [0.2, 0.25) is 0 Å². The number of carbonyl (C=O) groups is 1. The number of fused-ring (bicyclic) bond motifs is 1. The molecule has 1 aliphatic rings. The van der Waals surface area contributed by atoms with E-state index in [1.54, 1.807) is 0 Å². The monoisotopic (exact) mass is 236 g/mol. The number of hydrogen-bond donors (Lipinski definition) is 0. The van der Waals surface area contributed by atoms with Gasteiger partial charge in [-0.05, 0) is 11.6 Å². The summed E-state index contributed by atoms with van der Waals surface area (Å²) in [5, 5.41) is 0. The summed E-state index contributed by atoms with van der Waals surface area (Å²) in [6.07, 6.45) is 3.84. The van der Waals surface area contributed by atoms with E-state index in [-0.39, 0.29) is 11.9 Å². The predicted octanol–water partition coefficient (Wildman–Crippen LogP) is 3.40. The van der Waals surface area contributed by atoms with Crippen molar-refractivity contribution < 1.29 is 9.53 Å². The molecule has 2 heteroatoms. The first-order valence-corrected chi connectivity index (χ1v) is 5.88. The number of carbonyl (C=O) groups excluding carboxylic acids is 1. The second-order valence-corrected chi connectivity index (χ2v) is 4.21. The Balaban J connectivity index is 1.90. The van der Waals surface area contributed by atoms with Crippen LogP contribution in [-0.4, -0.2) is 5.97 Å². The molecule has 0 aliphatic carbocycles. The first-order valence-electron chi connectivity index (χ1n) is 5.88. The van der Waals surface area contributed by atoms with Crippen LogP contribution in [0.15, 0.2) is 60.7 Å². The average Bonchev–Trinajstić information content (AvgIpc) is 2.73. The van der Waals surface area contributed by atoms with Gasteiger partial charge in [0.15, 0.2) is 0 Å². The zero-order valence-corrected chi connectivity index (χ0v) is 9.74. The van der Waals surface area contributed by atoms with Crippen LogP contribution in [0, 0.1) is 0 Å². The molecule has 0 saturated heterocycles. The number of rotatable bonds is 2. The van der Waals surface area contributed by atoms with Gasteiger partial charge in [-0.15, -0.1) is 0 Å². The summed E-state index contributed by atoms with van der Waals surface area (Å²) in [7, 11) is 0. The van der Waals surface area contributed by atoms with Crippen LogP contribution in [0.1, 0.15) is 17.0 Å². The standard InChI is InChI=1S/C16H12O2/c17-16-14(11-10-12-6-2-1-3-7-12)13-8-4-5-9-15(13)18-16/h1-11,14H/b11-10+. The largest absolute Gasteiger partial charge is 0.426 e. The van der Waals surface area contributed by atoms with Gasteiger partial charge in [-0.25, -0.2) is 0 Å². The van der Waals surface area contributed by atoms with E-state index in [0.29, 0.717) is 5.75 Å². The fourth-order valence-corrected chi connectivity index (χ4v) is 2.08. The molecule has 0 amide bonds. The van der Waals surface area contributed by atoms with Crippen molar-refractivity contribution in [2.45, 2.75) is 5.92 Å². The quantitative estimate of drug-likeness (QED) is 0.590. The van der Waals surface area contributed by atoms with Crippen LogP contribution >= 0.6 is 0 Å². The third kappa shape index (κ3) is 1.93. The molecular weight excluding hydrogens is 224 g/mol. The fraction of sp³-hybridized carbons (Fsp3) is 0.0625. The minimum Gasteiger partial charge on any atom is -0.426 e. The van der Waals surface area contributed by atoms with E-state index in [2.05, 4.69) is 0 Å². The zero-order chi connectivity index (χ0) is 12.4. The average molecular weight is 236 g/mol. The molecule has 0 saturated carbocycles. The molecule has 18 heavy (non-hydrogen) atoms. The van der Waals surface area contributed by atoms with Crippen molar-refractivity contribution in [3.05, 3.63) is 71.8 Å². The number of hydrogen-bond acceptors (Lipinski definition) is 2. The number of ether oxygens (including phenoxy) is 1. The molecule has 1 atom stereocenters. The molecule has 0 radical (unpaired) electrons. The maximum Gasteiger partial charge on any atom is 0.322 e. The van der Waals surface area contributed by atoms with Crippen molar-refractivity contribution in [1.29, 1.82) is 0 Å². The Hall–Kier alpha value is -2.35. The Bertz CT molecular complexity index is 600. The SMILES string of the molecule is O=C1Oc2ccccc2C1/C=C/c1ccccc1. The number of benzene rings is 2. The van der Waals surface area contributed by atoms with E-state index < -0.39 is 0 Å². The van der Waals surface area contributed by atoms with Crippen molar-refractivity contribution in [3.63, 3.8) is 0 Å². The molecule has 0 spiro atoms. The smallest absolute Gasteiger partial charge is 0.322 e. The van der Waals surface area contributed by atoms with Gasteiger partial charge in [0.05, 0.1) is 0 Å². The highest BCUT2D eigenvalue weighted by atomic mass is 16.5. The minimum absolute atomic E-state index is 0.205. The van der Waals surface area contributed by atoms with Gasteiger partial charge in [-0.3, -0.25) is 4.79 Å². The van der Waals surface area contributed by atoms with Crippen molar-refractivity contribution in [2.75, 3.05) is 0 Å². The summed E-state index contributed by atoms with van der Waals surface area (Å²) in [4.78, 5) is 11.8. The van der Waals surface area contributed by atoms with Gasteiger partial charge in [0.25, 0.3) is 0 Å². The highest BCUT2D eigenvalue weighted by molar-refractivity contribution is 5.88. The fourth-order valence-electron chi connectivity index (χ4n) is 2.08. The first kappa shape index (κ1) is 10.8. The van der Waals surface area contributed by atoms with E-state index in [0.717, 1.165) is 11.1 Å². The molecule has 2 nitrogen and oxygen atoms in total. The van der Waals surface area contributed by atoms with E-state index in [9.17, 15) is 4.79 Å². The maximum atomic E-state index is 11.8. The minimum atomic E-state index is -0.290. The molecule has 1 heterocycles. The maximum absolute atomic E-state index is 11.8. The second-order valence-electron chi connectivity index (χ2n) is 4.21. The second kappa shape index (κ2) is 4.49. The van der Waals surface area contributed by atoms with Gasteiger partial charge in [-0.1, -0.05) is 60.7 Å². The molecule has 1 aliphatic heterocycles. The summed E-state index contributed by atoms with van der Waals surface area (Å²) >= 11 is 0. The van der Waals surface area contributed by atoms with Crippen LogP contribution in [0.25, 0.3) is 6.08 Å². The lowest BCUT2D eigenvalue weighted by atomic mass is 9.99. The molecule has 0 bridgehead atoms. The van der Waals surface area contributed by atoms with Crippen molar-refractivity contribution >= 4 is 12.0 Å². The van der Waals surface area contributed by atoms with Gasteiger partial charge in [0, 0.05) is 5.56 Å². The number of para-hydroxylation sites is 1. The topological polar surface area (TPSA) is 26.3 Å². The zero-order valence-electron chi connectivity index (χ0n) is 9.74. The van der Waals surface area contributed by atoms with Crippen LogP contribution in [0.5, 0.6) is 5.75 Å². The highest BCUT2D eigenvalue weighted by Crippen LogP contribution is 2.35.